The standard InChI is InChI=1S/C13H20O/c1-5-6-10-9-11(14)7-8-12(10)13(2,3)4/h7-9,14H,5-6H2,1-4H3. The molecule has 0 aromatic heterocycles. The lowest BCUT2D eigenvalue weighted by Crippen LogP contribution is -2.14. The Kier molecular flexibility index (Phi) is 3.20. The Morgan fingerprint density at radius 2 is 1.86 bits per heavy atom. The Labute approximate surface area is 86.8 Å². The fourth-order valence-corrected chi connectivity index (χ4v) is 1.79. The molecule has 1 rings (SSSR count). The van der Waals surface area contributed by atoms with E-state index >= 15 is 0 Å². The highest BCUT2D eigenvalue weighted by molar-refractivity contribution is 5.38. The third-order valence-corrected chi connectivity index (χ3v) is 2.42. The summed E-state index contributed by atoms with van der Waals surface area (Å²) in [6.45, 7) is 8.78. The normalized spacial score (nSPS) is 11.7. The zero-order valence-corrected chi connectivity index (χ0v) is 9.59. The number of benzene rings is 1. The maximum atomic E-state index is 9.43. The van der Waals surface area contributed by atoms with Crippen LogP contribution in [0.5, 0.6) is 5.75 Å². The molecule has 0 bridgehead atoms. The van der Waals surface area contributed by atoms with E-state index in [4.69, 9.17) is 0 Å². The van der Waals surface area contributed by atoms with E-state index in [9.17, 15) is 5.11 Å². The summed E-state index contributed by atoms with van der Waals surface area (Å²) in [5.74, 6) is 0.376. The van der Waals surface area contributed by atoms with Crippen LogP contribution in [0.25, 0.3) is 0 Å². The van der Waals surface area contributed by atoms with Gasteiger partial charge in [-0.2, -0.15) is 0 Å². The fourth-order valence-electron chi connectivity index (χ4n) is 1.79. The van der Waals surface area contributed by atoms with Gasteiger partial charge >= 0.3 is 0 Å². The largest absolute Gasteiger partial charge is 0.508 e. The predicted octanol–water partition coefficient (Wildman–Crippen LogP) is 3.64. The molecule has 0 heterocycles. The molecular formula is C13H20O. The Morgan fingerprint density at radius 1 is 1.21 bits per heavy atom. The molecule has 0 amide bonds. The van der Waals surface area contributed by atoms with E-state index in [0.717, 1.165) is 12.8 Å². The van der Waals surface area contributed by atoms with Crippen LogP contribution < -0.4 is 0 Å². The number of aromatic hydroxyl groups is 1. The molecule has 0 atom stereocenters. The molecule has 1 aromatic rings. The van der Waals surface area contributed by atoms with Gasteiger partial charge in [-0.3, -0.25) is 0 Å². The lowest BCUT2D eigenvalue weighted by molar-refractivity contribution is 0.472. The Morgan fingerprint density at radius 3 is 2.36 bits per heavy atom. The SMILES string of the molecule is CCCc1cc(O)ccc1C(C)(C)C. The van der Waals surface area contributed by atoms with Crippen molar-refractivity contribution in [3.05, 3.63) is 29.3 Å². The van der Waals surface area contributed by atoms with E-state index in [1.165, 1.54) is 11.1 Å². The van der Waals surface area contributed by atoms with E-state index in [0.29, 0.717) is 5.75 Å². The van der Waals surface area contributed by atoms with Crippen molar-refractivity contribution in [1.29, 1.82) is 0 Å². The minimum Gasteiger partial charge on any atom is -0.508 e. The third kappa shape index (κ3) is 2.50. The minimum absolute atomic E-state index is 0.165. The van der Waals surface area contributed by atoms with Gasteiger partial charge in [-0.15, -0.1) is 0 Å². The van der Waals surface area contributed by atoms with E-state index in [1.54, 1.807) is 6.07 Å². The quantitative estimate of drug-likeness (QED) is 0.758. The van der Waals surface area contributed by atoms with Crippen molar-refractivity contribution >= 4 is 0 Å². The highest BCUT2D eigenvalue weighted by Gasteiger charge is 2.17. The van der Waals surface area contributed by atoms with Crippen molar-refractivity contribution in [2.45, 2.75) is 46.0 Å². The van der Waals surface area contributed by atoms with Crippen LogP contribution in [-0.2, 0) is 11.8 Å². The average molecular weight is 192 g/mol. The molecule has 1 nitrogen and oxygen atoms in total. The van der Waals surface area contributed by atoms with Gasteiger partial charge in [-0.05, 0) is 35.1 Å². The van der Waals surface area contributed by atoms with Crippen molar-refractivity contribution < 1.29 is 5.11 Å². The van der Waals surface area contributed by atoms with Crippen LogP contribution in [0.15, 0.2) is 18.2 Å². The topological polar surface area (TPSA) is 20.2 Å². The first-order valence-electron chi connectivity index (χ1n) is 5.27. The molecule has 1 N–H and O–H groups in total. The summed E-state index contributed by atoms with van der Waals surface area (Å²) in [5, 5.41) is 9.43. The number of phenolic OH excluding ortho intramolecular Hbond substituents is 1. The van der Waals surface area contributed by atoms with Gasteiger partial charge in [0.25, 0.3) is 0 Å². The summed E-state index contributed by atoms with van der Waals surface area (Å²) in [6, 6.07) is 5.71. The number of aryl methyl sites for hydroxylation is 1. The summed E-state index contributed by atoms with van der Waals surface area (Å²) in [4.78, 5) is 0. The molecule has 14 heavy (non-hydrogen) atoms. The lowest BCUT2D eigenvalue weighted by Gasteiger charge is -2.23. The lowest BCUT2D eigenvalue weighted by atomic mass is 9.82. The van der Waals surface area contributed by atoms with Crippen LogP contribution in [0.1, 0.15) is 45.2 Å². The van der Waals surface area contributed by atoms with Crippen LogP contribution in [0.2, 0.25) is 0 Å². The number of rotatable bonds is 2. The van der Waals surface area contributed by atoms with Gasteiger partial charge in [0.1, 0.15) is 5.75 Å². The van der Waals surface area contributed by atoms with E-state index in [-0.39, 0.29) is 5.41 Å². The van der Waals surface area contributed by atoms with Crippen molar-refractivity contribution in [1.82, 2.24) is 0 Å². The van der Waals surface area contributed by atoms with Crippen LogP contribution >= 0.6 is 0 Å². The number of hydrogen-bond donors (Lipinski definition) is 1. The van der Waals surface area contributed by atoms with Crippen molar-refractivity contribution in [2.24, 2.45) is 0 Å². The molecule has 0 saturated heterocycles. The van der Waals surface area contributed by atoms with Crippen molar-refractivity contribution in [2.75, 3.05) is 0 Å². The summed E-state index contributed by atoms with van der Waals surface area (Å²) < 4.78 is 0. The molecule has 1 aromatic carbocycles. The maximum absolute atomic E-state index is 9.43. The van der Waals surface area contributed by atoms with Crippen LogP contribution in [-0.4, -0.2) is 5.11 Å². The molecule has 0 saturated carbocycles. The van der Waals surface area contributed by atoms with Gasteiger partial charge in [0.05, 0.1) is 0 Å². The molecule has 0 fully saturated rings. The zero-order valence-electron chi connectivity index (χ0n) is 9.59. The average Bonchev–Trinajstić information content (AvgIpc) is 2.02. The van der Waals surface area contributed by atoms with Crippen LogP contribution in [0, 0.1) is 0 Å². The van der Waals surface area contributed by atoms with Crippen molar-refractivity contribution in [3.63, 3.8) is 0 Å². The van der Waals surface area contributed by atoms with Crippen LogP contribution in [0.4, 0.5) is 0 Å². The maximum Gasteiger partial charge on any atom is 0.115 e. The molecular weight excluding hydrogens is 172 g/mol. The molecule has 1 heteroatoms. The highest BCUT2D eigenvalue weighted by atomic mass is 16.3. The van der Waals surface area contributed by atoms with Gasteiger partial charge in [0, 0.05) is 0 Å². The fraction of sp³-hybridized carbons (Fsp3) is 0.538. The monoisotopic (exact) mass is 192 g/mol. The van der Waals surface area contributed by atoms with E-state index in [2.05, 4.69) is 27.7 Å². The first-order chi connectivity index (χ1) is 6.45. The summed E-state index contributed by atoms with van der Waals surface area (Å²) >= 11 is 0. The molecule has 0 unspecified atom stereocenters. The second kappa shape index (κ2) is 4.04. The Hall–Kier alpha value is -0.980. The summed E-state index contributed by atoms with van der Waals surface area (Å²) in [7, 11) is 0. The van der Waals surface area contributed by atoms with Gasteiger partial charge < -0.3 is 5.11 Å². The van der Waals surface area contributed by atoms with Crippen molar-refractivity contribution in [3.8, 4) is 5.75 Å². The Bertz CT molecular complexity index is 308. The molecule has 78 valence electrons. The predicted molar refractivity (Wildman–Crippen MR) is 60.8 cm³/mol. The first kappa shape index (κ1) is 11.1. The van der Waals surface area contributed by atoms with E-state index < -0.39 is 0 Å². The third-order valence-electron chi connectivity index (χ3n) is 2.42. The van der Waals surface area contributed by atoms with Gasteiger partial charge in [-0.1, -0.05) is 40.2 Å². The minimum atomic E-state index is 0.165. The summed E-state index contributed by atoms with van der Waals surface area (Å²) in [5.41, 5.74) is 2.79. The second-order valence-electron chi connectivity index (χ2n) is 4.84. The second-order valence-corrected chi connectivity index (χ2v) is 4.84. The Balaban J connectivity index is 3.15. The molecule has 0 aliphatic rings. The number of hydrogen-bond acceptors (Lipinski definition) is 1. The van der Waals surface area contributed by atoms with Gasteiger partial charge in [-0.25, -0.2) is 0 Å². The zero-order chi connectivity index (χ0) is 10.8. The molecule has 0 aliphatic carbocycles. The van der Waals surface area contributed by atoms with E-state index in [1.807, 2.05) is 12.1 Å². The highest BCUT2D eigenvalue weighted by Crippen LogP contribution is 2.29. The summed E-state index contributed by atoms with van der Waals surface area (Å²) in [6.07, 6.45) is 2.16. The molecule has 0 aliphatic heterocycles. The van der Waals surface area contributed by atoms with Gasteiger partial charge in [0.2, 0.25) is 0 Å². The van der Waals surface area contributed by atoms with Gasteiger partial charge in [0.15, 0.2) is 0 Å². The molecule has 0 radical (unpaired) electrons. The smallest absolute Gasteiger partial charge is 0.115 e. The van der Waals surface area contributed by atoms with Crippen LogP contribution in [0.3, 0.4) is 0 Å². The first-order valence-corrected chi connectivity index (χ1v) is 5.27. The molecule has 0 spiro atoms. The number of phenols is 1.